The van der Waals surface area contributed by atoms with Crippen molar-refractivity contribution in [3.05, 3.63) is 29.3 Å². The summed E-state index contributed by atoms with van der Waals surface area (Å²) in [7, 11) is 2.02. The first kappa shape index (κ1) is 16.7. The van der Waals surface area contributed by atoms with Crippen LogP contribution in [0.3, 0.4) is 0 Å². The number of benzene rings is 1. The molecule has 1 fully saturated rings. The summed E-state index contributed by atoms with van der Waals surface area (Å²) in [6, 6.07) is 5.16. The molecule has 122 valence electrons. The SMILES string of the molecule is CC(CN(C)Cc1ccc(O)c(C(=O)O)c1)N1CCOCC1. The van der Waals surface area contributed by atoms with Crippen LogP contribution >= 0.6 is 0 Å². The van der Waals surface area contributed by atoms with E-state index in [9.17, 15) is 9.90 Å². The summed E-state index contributed by atoms with van der Waals surface area (Å²) < 4.78 is 5.36. The Kier molecular flexibility index (Phi) is 5.76. The average molecular weight is 308 g/mol. The average Bonchev–Trinajstić information content (AvgIpc) is 2.49. The molecule has 1 atom stereocenters. The Morgan fingerprint density at radius 3 is 2.73 bits per heavy atom. The lowest BCUT2D eigenvalue weighted by atomic mass is 10.1. The molecular weight excluding hydrogens is 284 g/mol. The molecule has 6 nitrogen and oxygen atoms in total. The Labute approximate surface area is 130 Å². The number of aromatic carboxylic acids is 1. The number of carboxylic acids is 1. The third-order valence-corrected chi connectivity index (χ3v) is 3.99. The molecule has 1 aromatic rings. The van der Waals surface area contributed by atoms with E-state index < -0.39 is 5.97 Å². The molecule has 22 heavy (non-hydrogen) atoms. The van der Waals surface area contributed by atoms with Crippen molar-refractivity contribution in [2.45, 2.75) is 19.5 Å². The van der Waals surface area contributed by atoms with Crippen LogP contribution in [0, 0.1) is 0 Å². The molecule has 1 aliphatic rings. The smallest absolute Gasteiger partial charge is 0.339 e. The first-order chi connectivity index (χ1) is 10.5. The van der Waals surface area contributed by atoms with Crippen LogP contribution in [0.1, 0.15) is 22.8 Å². The van der Waals surface area contributed by atoms with Crippen LogP contribution in [0.2, 0.25) is 0 Å². The van der Waals surface area contributed by atoms with Gasteiger partial charge in [-0.1, -0.05) is 6.07 Å². The number of hydrogen-bond donors (Lipinski definition) is 2. The maximum atomic E-state index is 11.1. The second kappa shape index (κ2) is 7.58. The molecule has 1 unspecified atom stereocenters. The lowest BCUT2D eigenvalue weighted by Crippen LogP contribution is -2.46. The molecule has 0 aromatic heterocycles. The van der Waals surface area contributed by atoms with Crippen LogP contribution in [0.4, 0.5) is 0 Å². The van der Waals surface area contributed by atoms with Gasteiger partial charge in [0.15, 0.2) is 0 Å². The number of rotatable bonds is 6. The van der Waals surface area contributed by atoms with Gasteiger partial charge in [-0.25, -0.2) is 4.79 Å². The minimum absolute atomic E-state index is 0.0490. The minimum atomic E-state index is -1.11. The fourth-order valence-corrected chi connectivity index (χ4v) is 2.81. The Bertz CT molecular complexity index is 515. The normalized spacial score (nSPS) is 17.6. The zero-order valence-corrected chi connectivity index (χ0v) is 13.2. The summed E-state index contributed by atoms with van der Waals surface area (Å²) in [4.78, 5) is 15.6. The molecule has 0 radical (unpaired) electrons. The van der Waals surface area contributed by atoms with Crippen molar-refractivity contribution in [3.8, 4) is 5.75 Å². The maximum Gasteiger partial charge on any atom is 0.339 e. The Hall–Kier alpha value is -1.63. The van der Waals surface area contributed by atoms with E-state index in [0.717, 1.165) is 38.4 Å². The van der Waals surface area contributed by atoms with E-state index in [0.29, 0.717) is 12.6 Å². The molecule has 2 N–H and O–H groups in total. The van der Waals surface area contributed by atoms with Crippen LogP contribution in [0.15, 0.2) is 18.2 Å². The number of ether oxygens (including phenoxy) is 1. The standard InChI is InChI=1S/C16H24N2O4/c1-12(18-5-7-22-8-6-18)10-17(2)11-13-3-4-15(19)14(9-13)16(20)21/h3-4,9,12,19H,5-8,10-11H2,1-2H3,(H,20,21). The summed E-state index contributed by atoms with van der Waals surface area (Å²) in [6.45, 7) is 7.22. The van der Waals surface area contributed by atoms with Crippen molar-refractivity contribution in [1.29, 1.82) is 0 Å². The second-order valence-electron chi connectivity index (χ2n) is 5.85. The Balaban J connectivity index is 1.92. The van der Waals surface area contributed by atoms with E-state index in [1.165, 1.54) is 12.1 Å². The van der Waals surface area contributed by atoms with Gasteiger partial charge in [0.25, 0.3) is 0 Å². The number of aromatic hydroxyl groups is 1. The first-order valence-corrected chi connectivity index (χ1v) is 7.53. The highest BCUT2D eigenvalue weighted by molar-refractivity contribution is 5.90. The lowest BCUT2D eigenvalue weighted by Gasteiger charge is -2.34. The number of carbonyl (C=O) groups is 1. The van der Waals surface area contributed by atoms with Gasteiger partial charge in [-0.05, 0) is 31.7 Å². The van der Waals surface area contributed by atoms with Crippen LogP contribution in [-0.4, -0.2) is 71.9 Å². The van der Waals surface area contributed by atoms with Crippen LogP contribution < -0.4 is 0 Å². The van der Waals surface area contributed by atoms with E-state index in [1.54, 1.807) is 6.07 Å². The van der Waals surface area contributed by atoms with Gasteiger partial charge in [-0.2, -0.15) is 0 Å². The lowest BCUT2D eigenvalue weighted by molar-refractivity contribution is 0.0137. The molecule has 6 heteroatoms. The molecule has 1 aromatic carbocycles. The van der Waals surface area contributed by atoms with Gasteiger partial charge >= 0.3 is 5.97 Å². The fourth-order valence-electron chi connectivity index (χ4n) is 2.81. The third-order valence-electron chi connectivity index (χ3n) is 3.99. The summed E-state index contributed by atoms with van der Waals surface area (Å²) in [5.74, 6) is -1.30. The molecule has 1 heterocycles. The van der Waals surface area contributed by atoms with Crippen molar-refractivity contribution in [1.82, 2.24) is 9.80 Å². The largest absolute Gasteiger partial charge is 0.507 e. The summed E-state index contributed by atoms with van der Waals surface area (Å²) in [5, 5.41) is 18.6. The van der Waals surface area contributed by atoms with Crippen molar-refractivity contribution in [2.24, 2.45) is 0 Å². The zero-order valence-electron chi connectivity index (χ0n) is 13.2. The van der Waals surface area contributed by atoms with E-state index in [2.05, 4.69) is 16.7 Å². The summed E-state index contributed by atoms with van der Waals surface area (Å²) >= 11 is 0. The van der Waals surface area contributed by atoms with Crippen molar-refractivity contribution in [3.63, 3.8) is 0 Å². The molecule has 0 spiro atoms. The fraction of sp³-hybridized carbons (Fsp3) is 0.562. The van der Waals surface area contributed by atoms with Crippen LogP contribution in [0.25, 0.3) is 0 Å². The minimum Gasteiger partial charge on any atom is -0.507 e. The van der Waals surface area contributed by atoms with Crippen molar-refractivity contribution in [2.75, 3.05) is 39.9 Å². The number of nitrogens with zero attached hydrogens (tertiary/aromatic N) is 2. The number of carboxylic acid groups (broad SMARTS) is 1. The molecule has 0 aliphatic carbocycles. The van der Waals surface area contributed by atoms with Gasteiger partial charge in [0, 0.05) is 32.2 Å². The molecule has 2 rings (SSSR count). The molecule has 0 amide bonds. The Morgan fingerprint density at radius 1 is 1.41 bits per heavy atom. The quantitative estimate of drug-likeness (QED) is 0.824. The highest BCUT2D eigenvalue weighted by atomic mass is 16.5. The van der Waals surface area contributed by atoms with Gasteiger partial charge in [0.05, 0.1) is 13.2 Å². The predicted octanol–water partition coefficient (Wildman–Crippen LogP) is 1.24. The van der Waals surface area contributed by atoms with E-state index >= 15 is 0 Å². The van der Waals surface area contributed by atoms with Crippen molar-refractivity contribution >= 4 is 5.97 Å². The monoisotopic (exact) mass is 308 g/mol. The molecule has 1 saturated heterocycles. The summed E-state index contributed by atoms with van der Waals surface area (Å²) in [5.41, 5.74) is 0.832. The van der Waals surface area contributed by atoms with Crippen LogP contribution in [-0.2, 0) is 11.3 Å². The summed E-state index contributed by atoms with van der Waals surface area (Å²) in [6.07, 6.45) is 0. The van der Waals surface area contributed by atoms with Gasteiger partial charge in [-0.3, -0.25) is 4.90 Å². The highest BCUT2D eigenvalue weighted by Gasteiger charge is 2.18. The van der Waals surface area contributed by atoms with Gasteiger partial charge < -0.3 is 19.8 Å². The third kappa shape index (κ3) is 4.43. The Morgan fingerprint density at radius 2 is 2.09 bits per heavy atom. The van der Waals surface area contributed by atoms with Gasteiger partial charge in [0.2, 0.25) is 0 Å². The molecular formula is C16H24N2O4. The number of likely N-dealkylation sites (N-methyl/N-ethyl adjacent to an activating group) is 1. The number of phenols is 1. The maximum absolute atomic E-state index is 11.1. The molecule has 1 aliphatic heterocycles. The van der Waals surface area contributed by atoms with Gasteiger partial charge in [-0.15, -0.1) is 0 Å². The predicted molar refractivity (Wildman–Crippen MR) is 83.3 cm³/mol. The second-order valence-corrected chi connectivity index (χ2v) is 5.85. The van der Waals surface area contributed by atoms with E-state index in [4.69, 9.17) is 9.84 Å². The van der Waals surface area contributed by atoms with E-state index in [1.807, 2.05) is 7.05 Å². The molecule has 0 bridgehead atoms. The number of morpholine rings is 1. The zero-order chi connectivity index (χ0) is 16.1. The van der Waals surface area contributed by atoms with Gasteiger partial charge in [0.1, 0.15) is 11.3 Å². The van der Waals surface area contributed by atoms with Crippen molar-refractivity contribution < 1.29 is 19.7 Å². The molecule has 0 saturated carbocycles. The number of hydrogen-bond acceptors (Lipinski definition) is 5. The first-order valence-electron chi connectivity index (χ1n) is 7.53. The van der Waals surface area contributed by atoms with Crippen LogP contribution in [0.5, 0.6) is 5.75 Å². The topological polar surface area (TPSA) is 73.2 Å². The highest BCUT2D eigenvalue weighted by Crippen LogP contribution is 2.19. The van der Waals surface area contributed by atoms with E-state index in [-0.39, 0.29) is 11.3 Å².